The molecule has 5 heteroatoms. The number of hydrogen-bond acceptors (Lipinski definition) is 5. The minimum Gasteiger partial charge on any atom is -0.490 e. The zero-order valence-corrected chi connectivity index (χ0v) is 14.6. The van der Waals surface area contributed by atoms with Crippen LogP contribution < -0.4 is 9.64 Å². The molecule has 1 fully saturated rings. The Labute approximate surface area is 148 Å². The average molecular weight is 339 g/mol. The predicted octanol–water partition coefficient (Wildman–Crippen LogP) is 2.26. The van der Waals surface area contributed by atoms with Crippen LogP contribution in [0, 0.1) is 0 Å². The fourth-order valence-electron chi connectivity index (χ4n) is 3.70. The van der Waals surface area contributed by atoms with E-state index < -0.39 is 6.10 Å². The van der Waals surface area contributed by atoms with Crippen LogP contribution in [0.15, 0.2) is 42.6 Å². The van der Waals surface area contributed by atoms with Crippen molar-refractivity contribution in [3.63, 3.8) is 0 Å². The molecule has 4 rings (SSSR count). The van der Waals surface area contributed by atoms with Crippen LogP contribution in [0.4, 0.5) is 5.82 Å². The number of benzene rings is 1. The molecule has 132 valence electrons. The van der Waals surface area contributed by atoms with Gasteiger partial charge in [-0.1, -0.05) is 12.1 Å². The van der Waals surface area contributed by atoms with Crippen LogP contribution in [0.2, 0.25) is 0 Å². The van der Waals surface area contributed by atoms with Gasteiger partial charge in [0, 0.05) is 45.3 Å². The smallest absolute Gasteiger partial charge is 0.128 e. The molecule has 0 saturated carbocycles. The molecule has 1 saturated heterocycles. The number of nitrogens with zero attached hydrogens (tertiary/aromatic N) is 3. The maximum atomic E-state index is 10.6. The second-order valence-electron chi connectivity index (χ2n) is 6.99. The summed E-state index contributed by atoms with van der Waals surface area (Å²) in [5, 5.41) is 10.6. The Kier molecular flexibility index (Phi) is 4.59. The van der Waals surface area contributed by atoms with Gasteiger partial charge in [0.05, 0.1) is 6.10 Å². The number of aliphatic hydroxyl groups is 1. The van der Waals surface area contributed by atoms with Crippen molar-refractivity contribution in [3.05, 3.63) is 53.7 Å². The zero-order valence-electron chi connectivity index (χ0n) is 14.6. The van der Waals surface area contributed by atoms with Gasteiger partial charge in [-0.15, -0.1) is 0 Å². The molecule has 1 N–H and O–H groups in total. The highest BCUT2D eigenvalue weighted by Crippen LogP contribution is 2.31. The van der Waals surface area contributed by atoms with Crippen molar-refractivity contribution in [2.24, 2.45) is 0 Å². The molecule has 0 radical (unpaired) electrons. The molecule has 1 aromatic heterocycles. The Morgan fingerprint density at radius 2 is 2.04 bits per heavy atom. The number of ether oxygens (including phenoxy) is 1. The molecular weight excluding hydrogens is 314 g/mol. The zero-order chi connectivity index (χ0) is 17.2. The van der Waals surface area contributed by atoms with Crippen LogP contribution in [0.3, 0.4) is 0 Å². The lowest BCUT2D eigenvalue weighted by Gasteiger charge is -2.36. The molecule has 25 heavy (non-hydrogen) atoms. The van der Waals surface area contributed by atoms with Crippen LogP contribution >= 0.6 is 0 Å². The standard InChI is InChI=1S/C20H25N3O2/c1-15-12-17-13-16(5-6-19(17)25-15)18(24)14-22-8-10-23(11-9-22)20-4-2-3-7-21-20/h2-7,13,15,18,24H,8-12,14H2,1H3/t15-,18-/m0/s1. The van der Waals surface area contributed by atoms with Gasteiger partial charge in [0.15, 0.2) is 0 Å². The normalized spacial score (nSPS) is 21.7. The Bertz CT molecular complexity index is 714. The third-order valence-electron chi connectivity index (χ3n) is 5.08. The highest BCUT2D eigenvalue weighted by molar-refractivity contribution is 5.41. The summed E-state index contributed by atoms with van der Waals surface area (Å²) in [5.41, 5.74) is 2.20. The molecule has 0 bridgehead atoms. The van der Waals surface area contributed by atoms with E-state index >= 15 is 0 Å². The van der Waals surface area contributed by atoms with E-state index in [1.165, 1.54) is 5.56 Å². The topological polar surface area (TPSA) is 48.8 Å². The first-order chi connectivity index (χ1) is 12.2. The van der Waals surface area contributed by atoms with Crippen molar-refractivity contribution >= 4 is 5.82 Å². The molecule has 5 nitrogen and oxygen atoms in total. The van der Waals surface area contributed by atoms with E-state index in [2.05, 4.69) is 33.8 Å². The van der Waals surface area contributed by atoms with Crippen molar-refractivity contribution < 1.29 is 9.84 Å². The average Bonchev–Trinajstić information content (AvgIpc) is 3.02. The molecule has 2 aliphatic rings. The molecule has 2 atom stereocenters. The molecule has 0 unspecified atom stereocenters. The van der Waals surface area contributed by atoms with Gasteiger partial charge in [-0.2, -0.15) is 0 Å². The first-order valence-electron chi connectivity index (χ1n) is 9.05. The highest BCUT2D eigenvalue weighted by Gasteiger charge is 2.23. The SMILES string of the molecule is C[C@H]1Cc2cc([C@@H](O)CN3CCN(c4ccccn4)CC3)ccc2O1. The van der Waals surface area contributed by atoms with Crippen molar-refractivity contribution in [1.82, 2.24) is 9.88 Å². The Morgan fingerprint density at radius 3 is 2.80 bits per heavy atom. The van der Waals surface area contributed by atoms with Crippen LogP contribution in [-0.2, 0) is 6.42 Å². The van der Waals surface area contributed by atoms with E-state index in [4.69, 9.17) is 4.74 Å². The summed E-state index contributed by atoms with van der Waals surface area (Å²) in [7, 11) is 0. The molecule has 2 aromatic rings. The second-order valence-corrected chi connectivity index (χ2v) is 6.99. The monoisotopic (exact) mass is 339 g/mol. The van der Waals surface area contributed by atoms with Gasteiger partial charge in [-0.05, 0) is 42.3 Å². The van der Waals surface area contributed by atoms with Crippen molar-refractivity contribution in [2.75, 3.05) is 37.6 Å². The number of anilines is 1. The van der Waals surface area contributed by atoms with E-state index in [-0.39, 0.29) is 6.10 Å². The third kappa shape index (κ3) is 3.62. The molecule has 0 spiro atoms. The quantitative estimate of drug-likeness (QED) is 0.926. The van der Waals surface area contributed by atoms with Gasteiger partial charge in [-0.25, -0.2) is 4.98 Å². The summed E-state index contributed by atoms with van der Waals surface area (Å²) < 4.78 is 5.74. The highest BCUT2D eigenvalue weighted by atomic mass is 16.5. The van der Waals surface area contributed by atoms with Crippen LogP contribution in [0.25, 0.3) is 0 Å². The number of piperazine rings is 1. The summed E-state index contributed by atoms with van der Waals surface area (Å²) in [6, 6.07) is 12.1. The lowest BCUT2D eigenvalue weighted by molar-refractivity contribution is 0.109. The summed E-state index contributed by atoms with van der Waals surface area (Å²) in [6.07, 6.45) is 2.55. The summed E-state index contributed by atoms with van der Waals surface area (Å²) in [4.78, 5) is 9.05. The maximum absolute atomic E-state index is 10.6. The lowest BCUT2D eigenvalue weighted by Crippen LogP contribution is -2.47. The largest absolute Gasteiger partial charge is 0.490 e. The number of aliphatic hydroxyl groups excluding tert-OH is 1. The van der Waals surface area contributed by atoms with E-state index in [0.29, 0.717) is 6.54 Å². The lowest BCUT2D eigenvalue weighted by atomic mass is 10.0. The summed E-state index contributed by atoms with van der Waals surface area (Å²) in [6.45, 7) is 6.53. The van der Waals surface area contributed by atoms with Crippen molar-refractivity contribution in [3.8, 4) is 5.75 Å². The van der Waals surface area contributed by atoms with Crippen LogP contribution in [0.1, 0.15) is 24.2 Å². The maximum Gasteiger partial charge on any atom is 0.128 e. The summed E-state index contributed by atoms with van der Waals surface area (Å²) in [5.74, 6) is 2.00. The van der Waals surface area contributed by atoms with E-state index in [0.717, 1.165) is 49.7 Å². The molecule has 1 aromatic carbocycles. The molecular formula is C20H25N3O2. The first-order valence-corrected chi connectivity index (χ1v) is 9.05. The number of hydrogen-bond donors (Lipinski definition) is 1. The summed E-state index contributed by atoms with van der Waals surface area (Å²) >= 11 is 0. The van der Waals surface area contributed by atoms with E-state index in [9.17, 15) is 5.11 Å². The van der Waals surface area contributed by atoms with Gasteiger partial charge in [0.1, 0.15) is 17.7 Å². The van der Waals surface area contributed by atoms with Gasteiger partial charge >= 0.3 is 0 Å². The Balaban J connectivity index is 1.33. The van der Waals surface area contributed by atoms with E-state index in [1.807, 2.05) is 30.5 Å². The first kappa shape index (κ1) is 16.4. The van der Waals surface area contributed by atoms with Crippen molar-refractivity contribution in [2.45, 2.75) is 25.6 Å². The van der Waals surface area contributed by atoms with Gasteiger partial charge in [0.25, 0.3) is 0 Å². The number of aromatic nitrogens is 1. The van der Waals surface area contributed by atoms with Gasteiger partial charge in [-0.3, -0.25) is 4.90 Å². The minimum atomic E-state index is -0.456. The number of fused-ring (bicyclic) bond motifs is 1. The molecule has 3 heterocycles. The predicted molar refractivity (Wildman–Crippen MR) is 98.1 cm³/mol. The number of rotatable bonds is 4. The fraction of sp³-hybridized carbons (Fsp3) is 0.450. The molecule has 0 aliphatic carbocycles. The molecule has 2 aliphatic heterocycles. The minimum absolute atomic E-state index is 0.238. The number of pyridine rings is 1. The van der Waals surface area contributed by atoms with Crippen molar-refractivity contribution in [1.29, 1.82) is 0 Å². The Hall–Kier alpha value is -2.11. The Morgan fingerprint density at radius 1 is 1.20 bits per heavy atom. The van der Waals surface area contributed by atoms with Crippen LogP contribution in [-0.4, -0.2) is 53.8 Å². The van der Waals surface area contributed by atoms with Gasteiger partial charge < -0.3 is 14.7 Å². The second kappa shape index (κ2) is 7.02. The van der Waals surface area contributed by atoms with E-state index in [1.54, 1.807) is 0 Å². The van der Waals surface area contributed by atoms with Crippen LogP contribution in [0.5, 0.6) is 5.75 Å². The number of β-amino-alcohol motifs (C(OH)–C–C–N with tert-alkyl or cyclic N) is 1. The fourth-order valence-corrected chi connectivity index (χ4v) is 3.70. The molecule has 0 amide bonds. The van der Waals surface area contributed by atoms with Gasteiger partial charge in [0.2, 0.25) is 0 Å². The third-order valence-corrected chi connectivity index (χ3v) is 5.08.